The van der Waals surface area contributed by atoms with Crippen LogP contribution >= 0.6 is 0 Å². The van der Waals surface area contributed by atoms with Gasteiger partial charge in [0.2, 0.25) is 0 Å². The molecule has 198 valence electrons. The van der Waals surface area contributed by atoms with Gasteiger partial charge in [-0.05, 0) is 84.7 Å². The lowest BCUT2D eigenvalue weighted by Crippen LogP contribution is -2.05. The topological polar surface area (TPSA) is 44.1 Å². The van der Waals surface area contributed by atoms with Crippen LogP contribution in [0.15, 0.2) is 66.7 Å². The number of phenols is 1. The highest BCUT2D eigenvalue weighted by atomic mass is 16.3. The van der Waals surface area contributed by atoms with E-state index >= 15 is 0 Å². The Labute approximate surface area is 229 Å². The fraction of sp³-hybridized carbons (Fsp3) is 0.361. The van der Waals surface area contributed by atoms with Gasteiger partial charge in [-0.1, -0.05) is 99.7 Å². The number of hydrogen-bond donors (Lipinski definition) is 2. The Hall–Kier alpha value is -3.39. The summed E-state index contributed by atoms with van der Waals surface area (Å²) >= 11 is 0. The number of unbranched alkanes of at least 4 members (excludes halogenated alkanes) is 1. The van der Waals surface area contributed by atoms with Crippen LogP contribution in [0.2, 0.25) is 0 Å². The molecular formula is C36H43NO. The van der Waals surface area contributed by atoms with Crippen molar-refractivity contribution in [2.24, 2.45) is 5.92 Å². The molecule has 0 saturated carbocycles. The molecule has 4 aromatic carbocycles. The second-order valence-corrected chi connectivity index (χ2v) is 11.3. The van der Waals surface area contributed by atoms with E-state index in [0.29, 0.717) is 17.9 Å². The molecule has 1 unspecified atom stereocenters. The fourth-order valence-electron chi connectivity index (χ4n) is 5.52. The highest BCUT2D eigenvalue weighted by molar-refractivity contribution is 6.13. The zero-order valence-electron chi connectivity index (χ0n) is 23.8. The summed E-state index contributed by atoms with van der Waals surface area (Å²) in [6.07, 6.45) is 8.21. The molecule has 0 amide bonds. The average molecular weight is 506 g/mol. The molecule has 38 heavy (non-hydrogen) atoms. The molecule has 0 spiro atoms. The molecule has 0 radical (unpaired) electrons. The SMILES string of the molecule is CCCCC(C)CCCc1ccc(C(=N)c2cc3c(Cc4cc(C)ccc4C)c(O)ccc3cc2C)cc1. The molecule has 1 atom stereocenters. The second kappa shape index (κ2) is 12.4. The van der Waals surface area contributed by atoms with Gasteiger partial charge >= 0.3 is 0 Å². The number of nitrogens with one attached hydrogen (secondary N) is 1. The quantitative estimate of drug-likeness (QED) is 0.196. The summed E-state index contributed by atoms with van der Waals surface area (Å²) in [5, 5.41) is 22.0. The fourth-order valence-corrected chi connectivity index (χ4v) is 5.52. The first-order valence-electron chi connectivity index (χ1n) is 14.3. The maximum atomic E-state index is 10.9. The number of fused-ring (bicyclic) bond motifs is 1. The van der Waals surface area contributed by atoms with Gasteiger partial charge in [0.05, 0.1) is 5.71 Å². The first kappa shape index (κ1) is 27.6. The third-order valence-electron chi connectivity index (χ3n) is 8.05. The lowest BCUT2D eigenvalue weighted by Gasteiger charge is -2.16. The van der Waals surface area contributed by atoms with Gasteiger partial charge in [-0.15, -0.1) is 0 Å². The Morgan fingerprint density at radius 3 is 2.32 bits per heavy atom. The Bertz CT molecular complexity index is 1410. The number of rotatable bonds is 11. The summed E-state index contributed by atoms with van der Waals surface area (Å²) in [7, 11) is 0. The van der Waals surface area contributed by atoms with E-state index in [1.165, 1.54) is 54.4 Å². The van der Waals surface area contributed by atoms with Crippen molar-refractivity contribution in [1.29, 1.82) is 5.41 Å². The third-order valence-corrected chi connectivity index (χ3v) is 8.05. The molecule has 0 aliphatic heterocycles. The normalized spacial score (nSPS) is 12.1. The summed E-state index contributed by atoms with van der Waals surface area (Å²) in [6, 6.07) is 23.1. The van der Waals surface area contributed by atoms with Gasteiger partial charge < -0.3 is 5.11 Å². The molecule has 0 aliphatic carbocycles. The second-order valence-electron chi connectivity index (χ2n) is 11.3. The van der Waals surface area contributed by atoms with E-state index in [-0.39, 0.29) is 0 Å². The van der Waals surface area contributed by atoms with Crippen molar-refractivity contribution >= 4 is 16.5 Å². The first-order chi connectivity index (χ1) is 18.3. The van der Waals surface area contributed by atoms with E-state index in [1.54, 1.807) is 6.07 Å². The summed E-state index contributed by atoms with van der Waals surface area (Å²) in [6.45, 7) is 10.9. The van der Waals surface area contributed by atoms with Gasteiger partial charge in [0.1, 0.15) is 5.75 Å². The maximum Gasteiger partial charge on any atom is 0.119 e. The van der Waals surface area contributed by atoms with Crippen LogP contribution in [0.4, 0.5) is 0 Å². The van der Waals surface area contributed by atoms with Crippen molar-refractivity contribution < 1.29 is 5.11 Å². The molecule has 0 bridgehead atoms. The van der Waals surface area contributed by atoms with E-state index in [9.17, 15) is 5.11 Å². The van der Waals surface area contributed by atoms with Crippen molar-refractivity contribution in [1.82, 2.24) is 0 Å². The van der Waals surface area contributed by atoms with Gasteiger partial charge in [0, 0.05) is 23.1 Å². The molecular weight excluding hydrogens is 462 g/mol. The van der Waals surface area contributed by atoms with Crippen LogP contribution in [0.1, 0.15) is 90.5 Å². The Kier molecular flexibility index (Phi) is 9.05. The van der Waals surface area contributed by atoms with Crippen LogP contribution in [-0.4, -0.2) is 10.8 Å². The van der Waals surface area contributed by atoms with Crippen LogP contribution in [0, 0.1) is 32.1 Å². The van der Waals surface area contributed by atoms with Gasteiger partial charge in [-0.25, -0.2) is 0 Å². The van der Waals surface area contributed by atoms with Crippen LogP contribution in [0.3, 0.4) is 0 Å². The van der Waals surface area contributed by atoms with Crippen LogP contribution in [-0.2, 0) is 12.8 Å². The molecule has 4 rings (SSSR count). The third kappa shape index (κ3) is 6.54. The summed E-state index contributed by atoms with van der Waals surface area (Å²) in [4.78, 5) is 0. The van der Waals surface area contributed by atoms with Crippen molar-refractivity contribution in [3.05, 3.63) is 111 Å². The molecule has 0 heterocycles. The number of aromatic hydroxyl groups is 1. The summed E-state index contributed by atoms with van der Waals surface area (Å²) in [5.41, 5.74) is 9.41. The first-order valence-corrected chi connectivity index (χ1v) is 14.3. The van der Waals surface area contributed by atoms with Crippen LogP contribution in [0.25, 0.3) is 10.8 Å². The predicted octanol–water partition coefficient (Wildman–Crippen LogP) is 9.63. The molecule has 2 N–H and O–H groups in total. The molecule has 0 aliphatic rings. The van der Waals surface area contributed by atoms with Gasteiger partial charge in [0.25, 0.3) is 0 Å². The van der Waals surface area contributed by atoms with Crippen molar-refractivity contribution in [2.75, 3.05) is 0 Å². The van der Waals surface area contributed by atoms with E-state index < -0.39 is 0 Å². The largest absolute Gasteiger partial charge is 0.508 e. The lowest BCUT2D eigenvalue weighted by molar-refractivity contribution is 0.457. The minimum absolute atomic E-state index is 0.313. The zero-order valence-corrected chi connectivity index (χ0v) is 23.8. The molecule has 2 heteroatoms. The lowest BCUT2D eigenvalue weighted by atomic mass is 9.90. The van der Waals surface area contributed by atoms with Crippen molar-refractivity contribution in [3.63, 3.8) is 0 Å². The van der Waals surface area contributed by atoms with Gasteiger partial charge in [-0.3, -0.25) is 5.41 Å². The average Bonchev–Trinajstić information content (AvgIpc) is 2.91. The number of phenolic OH excluding ortho intramolecular Hbond substituents is 1. The van der Waals surface area contributed by atoms with E-state index in [1.807, 2.05) is 6.07 Å². The van der Waals surface area contributed by atoms with Crippen molar-refractivity contribution in [3.8, 4) is 5.75 Å². The molecule has 0 fully saturated rings. The summed E-state index contributed by atoms with van der Waals surface area (Å²) in [5.74, 6) is 1.12. The number of hydrogen-bond acceptors (Lipinski definition) is 2. The Balaban J connectivity index is 1.57. The minimum atomic E-state index is 0.313. The van der Waals surface area contributed by atoms with Crippen LogP contribution < -0.4 is 0 Å². The number of benzene rings is 4. The monoisotopic (exact) mass is 505 g/mol. The standard InChI is InChI=1S/C36H43NO/c1-6-7-9-24(2)10-8-11-28-14-16-29(17-15-28)36(37)32-23-33-30(21-27(32)5)18-19-35(38)34(33)22-31-20-25(3)12-13-26(31)4/h12-21,23-24,37-38H,6-11,22H2,1-5H3. The van der Waals surface area contributed by atoms with Crippen LogP contribution in [0.5, 0.6) is 5.75 Å². The van der Waals surface area contributed by atoms with E-state index in [4.69, 9.17) is 5.41 Å². The highest BCUT2D eigenvalue weighted by Crippen LogP contribution is 2.33. The summed E-state index contributed by atoms with van der Waals surface area (Å²) < 4.78 is 0. The molecule has 2 nitrogen and oxygen atoms in total. The maximum absolute atomic E-state index is 10.9. The number of aryl methyl sites for hydroxylation is 4. The predicted molar refractivity (Wildman–Crippen MR) is 163 cm³/mol. The van der Waals surface area contributed by atoms with Gasteiger partial charge in [-0.2, -0.15) is 0 Å². The zero-order chi connectivity index (χ0) is 27.2. The Morgan fingerprint density at radius 1 is 0.842 bits per heavy atom. The Morgan fingerprint density at radius 2 is 1.58 bits per heavy atom. The molecule has 0 saturated heterocycles. The molecule has 0 aromatic heterocycles. The van der Waals surface area contributed by atoms with Gasteiger partial charge in [0.15, 0.2) is 0 Å². The van der Waals surface area contributed by atoms with Crippen molar-refractivity contribution in [2.45, 2.75) is 79.6 Å². The van der Waals surface area contributed by atoms with E-state index in [2.05, 4.69) is 89.2 Å². The smallest absolute Gasteiger partial charge is 0.119 e. The molecule has 4 aromatic rings. The minimum Gasteiger partial charge on any atom is -0.508 e. The highest BCUT2D eigenvalue weighted by Gasteiger charge is 2.15. The van der Waals surface area contributed by atoms with E-state index in [0.717, 1.165) is 45.4 Å².